The van der Waals surface area contributed by atoms with Crippen LogP contribution in [0.5, 0.6) is 0 Å². The van der Waals surface area contributed by atoms with E-state index >= 15 is 0 Å². The van der Waals surface area contributed by atoms with Crippen LogP contribution in [0.3, 0.4) is 0 Å². The van der Waals surface area contributed by atoms with Gasteiger partial charge in [-0.1, -0.05) is 20.8 Å². The van der Waals surface area contributed by atoms with E-state index in [-0.39, 0.29) is 5.41 Å². The summed E-state index contributed by atoms with van der Waals surface area (Å²) in [5.74, 6) is 0.543. The summed E-state index contributed by atoms with van der Waals surface area (Å²) >= 11 is 1.80. The molecule has 0 bridgehead atoms. The average Bonchev–Trinajstić information content (AvgIpc) is 2.86. The molecule has 1 aliphatic rings. The molecule has 1 aliphatic heterocycles. The van der Waals surface area contributed by atoms with Gasteiger partial charge in [0.05, 0.1) is 16.7 Å². The lowest BCUT2D eigenvalue weighted by Crippen LogP contribution is -2.45. The van der Waals surface area contributed by atoms with E-state index in [1.165, 1.54) is 30.1 Å². The van der Waals surface area contributed by atoms with Crippen LogP contribution in [0, 0.1) is 5.92 Å². The van der Waals surface area contributed by atoms with Crippen molar-refractivity contribution in [2.45, 2.75) is 65.0 Å². The number of nitrogens with two attached hydrogens (primary N) is 1. The largest absolute Gasteiger partial charge is 0.330 e. The van der Waals surface area contributed by atoms with Crippen LogP contribution in [0.1, 0.15) is 64.2 Å². The van der Waals surface area contributed by atoms with Crippen molar-refractivity contribution in [3.63, 3.8) is 0 Å². The van der Waals surface area contributed by atoms with E-state index in [4.69, 9.17) is 10.7 Å². The Balaban J connectivity index is 2.31. The molecule has 0 aromatic carbocycles. The van der Waals surface area contributed by atoms with Gasteiger partial charge in [-0.05, 0) is 45.7 Å². The SMILES string of the molecule is CC(C)N1CCCC(CN)C1c1csc(C(C)(C)C)n1. The Hall–Kier alpha value is -0.450. The molecule has 0 spiro atoms. The first-order chi connectivity index (χ1) is 9.34. The molecule has 2 heterocycles. The molecule has 4 heteroatoms. The first-order valence-electron chi connectivity index (χ1n) is 7.76. The van der Waals surface area contributed by atoms with E-state index in [1.54, 1.807) is 11.3 Å². The van der Waals surface area contributed by atoms with E-state index < -0.39 is 0 Å². The topological polar surface area (TPSA) is 42.1 Å². The quantitative estimate of drug-likeness (QED) is 0.927. The zero-order chi connectivity index (χ0) is 14.9. The van der Waals surface area contributed by atoms with Gasteiger partial charge in [0, 0.05) is 16.8 Å². The third kappa shape index (κ3) is 3.23. The Morgan fingerprint density at radius 1 is 1.45 bits per heavy atom. The molecular formula is C16H29N3S. The van der Waals surface area contributed by atoms with Crippen molar-refractivity contribution in [3.05, 3.63) is 16.1 Å². The number of rotatable bonds is 3. The Morgan fingerprint density at radius 2 is 2.15 bits per heavy atom. The van der Waals surface area contributed by atoms with Gasteiger partial charge < -0.3 is 5.73 Å². The number of thiazole rings is 1. The van der Waals surface area contributed by atoms with Crippen LogP contribution < -0.4 is 5.73 Å². The maximum atomic E-state index is 6.03. The van der Waals surface area contributed by atoms with Gasteiger partial charge in [0.15, 0.2) is 0 Å². The van der Waals surface area contributed by atoms with Crippen LogP contribution in [0.2, 0.25) is 0 Å². The van der Waals surface area contributed by atoms with Crippen molar-refractivity contribution in [2.24, 2.45) is 11.7 Å². The molecule has 0 aliphatic carbocycles. The lowest BCUT2D eigenvalue weighted by Gasteiger charge is -2.42. The molecule has 1 aromatic heterocycles. The molecule has 1 saturated heterocycles. The van der Waals surface area contributed by atoms with Crippen LogP contribution in [0.25, 0.3) is 0 Å². The minimum absolute atomic E-state index is 0.137. The van der Waals surface area contributed by atoms with E-state index in [9.17, 15) is 0 Å². The standard InChI is InChI=1S/C16H29N3S/c1-11(2)19-8-6-7-12(9-17)14(19)13-10-20-15(18-13)16(3,4)5/h10-12,14H,6-9,17H2,1-5H3. The second-order valence-electron chi connectivity index (χ2n) is 7.24. The molecule has 3 nitrogen and oxygen atoms in total. The van der Waals surface area contributed by atoms with Crippen LogP contribution in [0.4, 0.5) is 0 Å². The molecule has 2 N–H and O–H groups in total. The van der Waals surface area contributed by atoms with Gasteiger partial charge in [-0.15, -0.1) is 11.3 Å². The molecule has 1 aromatic rings. The number of piperidine rings is 1. The maximum absolute atomic E-state index is 6.03. The van der Waals surface area contributed by atoms with Crippen molar-refractivity contribution in [1.29, 1.82) is 0 Å². The summed E-state index contributed by atoms with van der Waals surface area (Å²) in [5, 5.41) is 3.49. The van der Waals surface area contributed by atoms with Gasteiger partial charge in [0.25, 0.3) is 0 Å². The van der Waals surface area contributed by atoms with Crippen LogP contribution in [-0.2, 0) is 5.41 Å². The summed E-state index contributed by atoms with van der Waals surface area (Å²) in [5.41, 5.74) is 7.41. The molecule has 2 unspecified atom stereocenters. The first-order valence-corrected chi connectivity index (χ1v) is 8.64. The van der Waals surface area contributed by atoms with Crippen LogP contribution >= 0.6 is 11.3 Å². The van der Waals surface area contributed by atoms with E-state index in [0.29, 0.717) is 18.0 Å². The van der Waals surface area contributed by atoms with Gasteiger partial charge in [-0.2, -0.15) is 0 Å². The fraction of sp³-hybridized carbons (Fsp3) is 0.812. The van der Waals surface area contributed by atoms with Crippen molar-refractivity contribution < 1.29 is 0 Å². The summed E-state index contributed by atoms with van der Waals surface area (Å²) in [6.45, 7) is 13.2. The Labute approximate surface area is 127 Å². The van der Waals surface area contributed by atoms with Gasteiger partial charge in [-0.25, -0.2) is 4.98 Å². The summed E-state index contributed by atoms with van der Waals surface area (Å²) in [6, 6.07) is 0.954. The molecule has 1 fully saturated rings. The highest BCUT2D eigenvalue weighted by molar-refractivity contribution is 7.09. The minimum atomic E-state index is 0.137. The molecule has 20 heavy (non-hydrogen) atoms. The predicted octanol–water partition coefficient (Wildman–Crippen LogP) is 3.56. The third-order valence-corrected chi connectivity index (χ3v) is 5.51. The minimum Gasteiger partial charge on any atom is -0.330 e. The van der Waals surface area contributed by atoms with E-state index in [2.05, 4.69) is 44.9 Å². The smallest absolute Gasteiger partial charge is 0.0982 e. The number of hydrogen-bond acceptors (Lipinski definition) is 4. The second kappa shape index (κ2) is 6.12. The first kappa shape index (κ1) is 15.9. The van der Waals surface area contributed by atoms with Gasteiger partial charge >= 0.3 is 0 Å². The molecule has 2 atom stereocenters. The molecule has 0 amide bonds. The highest BCUT2D eigenvalue weighted by Gasteiger charge is 2.35. The van der Waals surface area contributed by atoms with Gasteiger partial charge in [0.2, 0.25) is 0 Å². The number of hydrogen-bond donors (Lipinski definition) is 1. The summed E-state index contributed by atoms with van der Waals surface area (Å²) in [6.07, 6.45) is 2.49. The zero-order valence-corrected chi connectivity index (χ0v) is 14.3. The molecule has 0 saturated carbocycles. The highest BCUT2D eigenvalue weighted by Crippen LogP contribution is 2.38. The van der Waals surface area contributed by atoms with Crippen LogP contribution in [0.15, 0.2) is 5.38 Å². The lowest BCUT2D eigenvalue weighted by atomic mass is 9.86. The fourth-order valence-electron chi connectivity index (χ4n) is 3.11. The van der Waals surface area contributed by atoms with Crippen molar-refractivity contribution in [1.82, 2.24) is 9.88 Å². The highest BCUT2D eigenvalue weighted by atomic mass is 32.1. The third-order valence-electron chi connectivity index (χ3n) is 4.23. The lowest BCUT2D eigenvalue weighted by molar-refractivity contribution is 0.0641. The molecule has 0 radical (unpaired) electrons. The maximum Gasteiger partial charge on any atom is 0.0982 e. The van der Waals surface area contributed by atoms with Gasteiger partial charge in [0.1, 0.15) is 0 Å². The van der Waals surface area contributed by atoms with Crippen molar-refractivity contribution in [3.8, 4) is 0 Å². The monoisotopic (exact) mass is 295 g/mol. The number of aromatic nitrogens is 1. The number of likely N-dealkylation sites (tertiary alicyclic amines) is 1. The fourth-order valence-corrected chi connectivity index (χ4v) is 4.04. The van der Waals surface area contributed by atoms with Crippen molar-refractivity contribution in [2.75, 3.05) is 13.1 Å². The molecule has 114 valence electrons. The Kier molecular flexibility index (Phi) is 4.88. The summed E-state index contributed by atoms with van der Waals surface area (Å²) < 4.78 is 0. The molecular weight excluding hydrogens is 266 g/mol. The predicted molar refractivity (Wildman–Crippen MR) is 87.2 cm³/mol. The second-order valence-corrected chi connectivity index (χ2v) is 8.10. The van der Waals surface area contributed by atoms with Crippen LogP contribution in [-0.4, -0.2) is 29.0 Å². The summed E-state index contributed by atoms with van der Waals surface area (Å²) in [7, 11) is 0. The van der Waals surface area contributed by atoms with E-state index in [0.717, 1.165) is 6.54 Å². The van der Waals surface area contributed by atoms with Crippen molar-refractivity contribution >= 4 is 11.3 Å². The normalized spacial score (nSPS) is 25.4. The Bertz CT molecular complexity index is 433. The van der Waals surface area contributed by atoms with E-state index in [1.807, 2.05) is 0 Å². The average molecular weight is 295 g/mol. The summed E-state index contributed by atoms with van der Waals surface area (Å²) in [4.78, 5) is 7.54. The number of nitrogens with zero attached hydrogens (tertiary/aromatic N) is 2. The van der Waals surface area contributed by atoms with Gasteiger partial charge in [-0.3, -0.25) is 4.90 Å². The molecule has 2 rings (SSSR count). The Morgan fingerprint density at radius 3 is 2.65 bits per heavy atom. The zero-order valence-electron chi connectivity index (χ0n) is 13.5.